The second-order valence-electron chi connectivity index (χ2n) is 8.35. The number of unbranched alkanes of at least 4 members (excludes halogenated alkanes) is 1. The largest absolute Gasteiger partial charge is 0.463 e. The van der Waals surface area contributed by atoms with E-state index in [2.05, 4.69) is 0 Å². The first-order chi connectivity index (χ1) is 22.6. The minimum atomic E-state index is -3.89. The molecule has 0 saturated carbocycles. The van der Waals surface area contributed by atoms with E-state index in [1.54, 1.807) is 32.0 Å². The third-order valence-corrected chi connectivity index (χ3v) is 5.23. The van der Waals surface area contributed by atoms with Crippen LogP contribution in [0.5, 0.6) is 5.75 Å². The monoisotopic (exact) mass is 496 g/mol. The Labute approximate surface area is 230 Å². The summed E-state index contributed by atoms with van der Waals surface area (Å²) >= 11 is 0. The van der Waals surface area contributed by atoms with Crippen molar-refractivity contribution < 1.29 is 44.3 Å². The number of ether oxygens (including phenoxy) is 4. The van der Waals surface area contributed by atoms with E-state index in [-0.39, 0.29) is 38.5 Å². The van der Waals surface area contributed by atoms with Crippen LogP contribution in [0.15, 0.2) is 48.5 Å². The Balaban J connectivity index is 1.36. The molecule has 0 bridgehead atoms. The van der Waals surface area contributed by atoms with E-state index in [1.165, 1.54) is 0 Å². The maximum Gasteiger partial charge on any atom is 0.410 e. The van der Waals surface area contributed by atoms with Crippen LogP contribution >= 0.6 is 0 Å². The summed E-state index contributed by atoms with van der Waals surface area (Å²) in [5, 5.41) is 0. The van der Waals surface area contributed by atoms with Crippen molar-refractivity contribution in [3.8, 4) is 5.75 Å². The highest BCUT2D eigenvalue weighted by atomic mass is 16.7. The van der Waals surface area contributed by atoms with Gasteiger partial charge in [-0.25, -0.2) is 4.79 Å². The zero-order chi connectivity index (χ0) is 37.9. The molecule has 1 unspecified atom stereocenters. The van der Waals surface area contributed by atoms with E-state index >= 15 is 0 Å². The maximum atomic E-state index is 12.7. The number of cyclic esters (lactones) is 1. The van der Waals surface area contributed by atoms with Gasteiger partial charge in [0.05, 0.1) is 22.7 Å². The molecular formula is C29H39NO5. The van der Waals surface area contributed by atoms with Crippen LogP contribution in [0.3, 0.4) is 0 Å². The van der Waals surface area contributed by atoms with Gasteiger partial charge in [0.2, 0.25) is 5.79 Å². The molecule has 4 rings (SSSR count). The summed E-state index contributed by atoms with van der Waals surface area (Å²) in [6.45, 7) is -5.23. The molecular weight excluding hydrogens is 442 g/mol. The SMILES string of the molecule is [2H]c1cc([2H])c(C([2H])([2H])C([2H])([2H])C([2H])([2H])C([2H])([2H])OC([2H])([2H])CCCCC([2H])([2H])N2CC(c3ccc4c(c3)COC(C)(C)O4)OC2=O)c([2H])c1. The highest BCUT2D eigenvalue weighted by Crippen LogP contribution is 2.35. The van der Waals surface area contributed by atoms with Crippen LogP contribution in [-0.2, 0) is 27.2 Å². The van der Waals surface area contributed by atoms with Crippen molar-refractivity contribution in [3.05, 3.63) is 65.1 Å². The molecule has 35 heavy (non-hydrogen) atoms. The minimum absolute atomic E-state index is 0.0303. The van der Waals surface area contributed by atoms with Crippen LogP contribution in [-0.4, -0.2) is 42.9 Å². The molecule has 1 saturated heterocycles. The Morgan fingerprint density at radius 3 is 2.83 bits per heavy atom. The molecule has 1 atom stereocenters. The highest BCUT2D eigenvalue weighted by Gasteiger charge is 2.33. The first kappa shape index (κ1) is 12.6. The number of carbonyl (C=O) groups excluding carboxylic acids is 1. The van der Waals surface area contributed by atoms with E-state index in [4.69, 9.17) is 39.5 Å². The van der Waals surface area contributed by atoms with Crippen LogP contribution in [0.1, 0.15) is 95.6 Å². The van der Waals surface area contributed by atoms with Gasteiger partial charge in [-0.05, 0) is 55.2 Å². The van der Waals surface area contributed by atoms with E-state index in [0.29, 0.717) is 11.3 Å². The molecule has 2 aliphatic rings. The molecule has 0 aliphatic carbocycles. The van der Waals surface area contributed by atoms with Crippen LogP contribution < -0.4 is 4.74 Å². The highest BCUT2D eigenvalue weighted by molar-refractivity contribution is 5.70. The quantitative estimate of drug-likeness (QED) is 0.299. The zero-order valence-corrected chi connectivity index (χ0v) is 19.7. The molecule has 0 spiro atoms. The summed E-state index contributed by atoms with van der Waals surface area (Å²) in [7, 11) is 0. The third-order valence-electron chi connectivity index (χ3n) is 5.23. The lowest BCUT2D eigenvalue weighted by Gasteiger charge is -2.32. The zero-order valence-electron chi connectivity index (χ0n) is 34.7. The van der Waals surface area contributed by atoms with Gasteiger partial charge in [0.25, 0.3) is 0 Å². The van der Waals surface area contributed by atoms with Gasteiger partial charge in [-0.2, -0.15) is 0 Å². The van der Waals surface area contributed by atoms with Crippen molar-refractivity contribution >= 4 is 6.09 Å². The number of carbonyl (C=O) groups is 1. The minimum Gasteiger partial charge on any atom is -0.463 e. The van der Waals surface area contributed by atoms with Gasteiger partial charge in [-0.1, -0.05) is 49.2 Å². The standard InChI is InChI=1S/C29H39NO5/c1-29(2)33-22-25-20-24(15-16-26(25)35-29)27-21-30(28(31)34-27)17-9-3-4-10-18-32-19-11-8-14-23-12-6-5-7-13-23/h5-7,12-13,15-16,20,27H,3-4,8-11,14,17-19,21-22H2,1-2H3/i5D,8D2,11D2,12D,13D,14D2,17D2,18D2,19D2. The first-order valence-electron chi connectivity index (χ1n) is 18.9. The average molecular weight is 497 g/mol. The smallest absolute Gasteiger partial charge is 0.410 e. The van der Waals surface area contributed by atoms with E-state index in [0.717, 1.165) is 22.6 Å². The summed E-state index contributed by atoms with van der Waals surface area (Å²) in [6, 6.07) is 4.99. The number of hydrogen-bond donors (Lipinski definition) is 0. The van der Waals surface area contributed by atoms with Gasteiger partial charge >= 0.3 is 6.09 Å². The fourth-order valence-electron chi connectivity index (χ4n) is 3.47. The van der Waals surface area contributed by atoms with E-state index in [1.807, 2.05) is 0 Å². The topological polar surface area (TPSA) is 57.2 Å². The number of nitrogens with zero attached hydrogens (tertiary/aromatic N) is 1. The van der Waals surface area contributed by atoms with Gasteiger partial charge in [0.1, 0.15) is 11.9 Å². The van der Waals surface area contributed by atoms with Crippen molar-refractivity contribution in [1.82, 2.24) is 4.90 Å². The van der Waals surface area contributed by atoms with E-state index in [9.17, 15) is 4.79 Å². The molecule has 1 fully saturated rings. The van der Waals surface area contributed by atoms with E-state index < -0.39 is 80.8 Å². The van der Waals surface area contributed by atoms with Crippen LogP contribution in [0.25, 0.3) is 0 Å². The summed E-state index contributed by atoms with van der Waals surface area (Å²) < 4.78 is 145. The summed E-state index contributed by atoms with van der Waals surface area (Å²) in [5.41, 5.74) is 0.441. The normalized spacial score (nSPS) is 27.5. The lowest BCUT2D eigenvalue weighted by atomic mass is 10.0. The molecule has 6 nitrogen and oxygen atoms in total. The molecule has 2 aromatic rings. The van der Waals surface area contributed by atoms with Crippen molar-refractivity contribution in [2.24, 2.45) is 0 Å². The van der Waals surface area contributed by atoms with Crippen LogP contribution in [0.4, 0.5) is 4.79 Å². The lowest BCUT2D eigenvalue weighted by Crippen LogP contribution is -2.35. The Morgan fingerprint density at radius 1 is 1.14 bits per heavy atom. The molecule has 0 aromatic heterocycles. The Hall–Kier alpha value is -2.57. The number of fused-ring (bicyclic) bond motifs is 1. The molecule has 1 amide bonds. The van der Waals surface area contributed by atoms with Crippen LogP contribution in [0, 0.1) is 0 Å². The van der Waals surface area contributed by atoms with Crippen molar-refractivity contribution in [2.45, 2.75) is 77.1 Å². The molecule has 190 valence electrons. The molecule has 2 heterocycles. The summed E-state index contributed by atoms with van der Waals surface area (Å²) in [6.07, 6.45) is -13.9. The van der Waals surface area contributed by atoms with Gasteiger partial charge in [0.15, 0.2) is 0 Å². The maximum absolute atomic E-state index is 12.7. The number of amides is 1. The molecule has 2 aliphatic heterocycles. The summed E-state index contributed by atoms with van der Waals surface area (Å²) in [5.74, 6) is -0.173. The number of benzene rings is 2. The average Bonchev–Trinajstić information content (AvgIpc) is 3.35. The van der Waals surface area contributed by atoms with Crippen LogP contribution in [0.2, 0.25) is 0 Å². The fraction of sp³-hybridized carbons (Fsp3) is 0.552. The first-order valence-corrected chi connectivity index (χ1v) is 11.4. The second kappa shape index (κ2) is 12.4. The Morgan fingerprint density at radius 2 is 1.97 bits per heavy atom. The van der Waals surface area contributed by atoms with Gasteiger partial charge < -0.3 is 23.8 Å². The second-order valence-corrected chi connectivity index (χ2v) is 8.35. The molecule has 6 heteroatoms. The molecule has 0 radical (unpaired) electrons. The Bertz CT molecular complexity index is 1580. The third kappa shape index (κ3) is 7.71. The fourth-order valence-corrected chi connectivity index (χ4v) is 3.47. The van der Waals surface area contributed by atoms with Gasteiger partial charge in [-0.15, -0.1) is 0 Å². The van der Waals surface area contributed by atoms with Crippen molar-refractivity contribution in [3.63, 3.8) is 0 Å². The van der Waals surface area contributed by atoms with Crippen molar-refractivity contribution in [2.75, 3.05) is 26.2 Å². The number of rotatable bonds is 13. The molecule has 2 aromatic carbocycles. The summed E-state index contributed by atoms with van der Waals surface area (Å²) in [4.78, 5) is 13.6. The Kier molecular flexibility index (Phi) is 4.47. The number of hydrogen-bond acceptors (Lipinski definition) is 5. The molecule has 0 N–H and O–H groups in total. The lowest BCUT2D eigenvalue weighted by molar-refractivity contribution is -0.180. The van der Waals surface area contributed by atoms with Crippen molar-refractivity contribution in [1.29, 1.82) is 0 Å². The van der Waals surface area contributed by atoms with Gasteiger partial charge in [0, 0.05) is 50.0 Å². The predicted octanol–water partition coefficient (Wildman–Crippen LogP) is 6.42. The van der Waals surface area contributed by atoms with Gasteiger partial charge in [-0.3, -0.25) is 0 Å². The predicted molar refractivity (Wildman–Crippen MR) is 135 cm³/mol.